The van der Waals surface area contributed by atoms with Crippen LogP contribution in [-0.2, 0) is 15.9 Å². The van der Waals surface area contributed by atoms with Crippen molar-refractivity contribution in [1.82, 2.24) is 0 Å². The zero-order valence-corrected chi connectivity index (χ0v) is 24.8. The van der Waals surface area contributed by atoms with Gasteiger partial charge < -0.3 is 4.74 Å². The number of hydrogen-bond acceptors (Lipinski definition) is 1. The average molecular weight is 539 g/mol. The van der Waals surface area contributed by atoms with Crippen molar-refractivity contribution >= 4 is 12.2 Å². The molecule has 0 aliphatic heterocycles. The summed E-state index contributed by atoms with van der Waals surface area (Å²) in [4.78, 5) is 0. The van der Waals surface area contributed by atoms with E-state index in [0.717, 1.165) is 12.8 Å². The molecule has 0 aromatic heterocycles. The fraction of sp³-hybridized carbons (Fsp3) is 0.300. The number of hydrogen-bond donors (Lipinski definition) is 0. The second-order valence-corrected chi connectivity index (χ2v) is 12.0. The number of rotatable bonds is 8. The van der Waals surface area contributed by atoms with Crippen LogP contribution in [0.1, 0.15) is 85.8 Å². The summed E-state index contributed by atoms with van der Waals surface area (Å²) in [5, 5.41) is 0. The summed E-state index contributed by atoms with van der Waals surface area (Å²) in [6.45, 7) is 9.44. The normalized spacial score (nSPS) is 26.1. The first-order chi connectivity index (χ1) is 20.1. The Morgan fingerprint density at radius 1 is 0.537 bits per heavy atom. The van der Waals surface area contributed by atoms with Gasteiger partial charge in [0.2, 0.25) is 0 Å². The highest BCUT2D eigenvalue weighted by Gasteiger charge is 2.57. The Labute approximate surface area is 246 Å². The lowest BCUT2D eigenvalue weighted by Crippen LogP contribution is -2.54. The van der Waals surface area contributed by atoms with E-state index >= 15 is 0 Å². The molecule has 0 fully saturated rings. The standard InChI is InChI=1S/C40H42O/c1-5-29(3)39(35-23-15-13-21-33(35)25-27-37(39)31-17-9-7-10-18-31)41-40(30(4)6-2)36-24-16-14-22-34(36)26-28-38(40)32-19-11-8-12-20-32/h7-30,37-38H,5-6H2,1-4H3. The molecule has 0 N–H and O–H groups in total. The van der Waals surface area contributed by atoms with E-state index in [4.69, 9.17) is 4.74 Å². The molecule has 208 valence electrons. The molecule has 0 radical (unpaired) electrons. The van der Waals surface area contributed by atoms with Gasteiger partial charge in [-0.1, -0.05) is 174 Å². The summed E-state index contributed by atoms with van der Waals surface area (Å²) in [6, 6.07) is 39.9. The Morgan fingerprint density at radius 3 is 1.29 bits per heavy atom. The molecule has 0 saturated heterocycles. The predicted octanol–water partition coefficient (Wildman–Crippen LogP) is 10.5. The Kier molecular flexibility index (Phi) is 7.58. The van der Waals surface area contributed by atoms with Gasteiger partial charge >= 0.3 is 0 Å². The highest BCUT2D eigenvalue weighted by atomic mass is 16.5. The van der Waals surface area contributed by atoms with E-state index in [0.29, 0.717) is 0 Å². The molecule has 2 aliphatic rings. The minimum absolute atomic E-state index is 0.0731. The van der Waals surface area contributed by atoms with Gasteiger partial charge in [-0.3, -0.25) is 0 Å². The van der Waals surface area contributed by atoms with Gasteiger partial charge in [-0.2, -0.15) is 0 Å². The van der Waals surface area contributed by atoms with Crippen molar-refractivity contribution in [2.24, 2.45) is 11.8 Å². The molecular weight excluding hydrogens is 496 g/mol. The molecule has 6 atom stereocenters. The minimum atomic E-state index is -0.573. The maximum atomic E-state index is 8.30. The van der Waals surface area contributed by atoms with Crippen molar-refractivity contribution in [2.45, 2.75) is 63.6 Å². The lowest BCUT2D eigenvalue weighted by atomic mass is 9.61. The first-order valence-corrected chi connectivity index (χ1v) is 15.4. The van der Waals surface area contributed by atoms with E-state index < -0.39 is 11.2 Å². The van der Waals surface area contributed by atoms with E-state index in [2.05, 4.69) is 161 Å². The third-order valence-corrected chi connectivity index (χ3v) is 9.97. The molecule has 0 saturated carbocycles. The van der Waals surface area contributed by atoms with Gasteiger partial charge in [0.15, 0.2) is 0 Å². The third-order valence-electron chi connectivity index (χ3n) is 9.97. The van der Waals surface area contributed by atoms with Crippen molar-refractivity contribution in [3.05, 3.63) is 155 Å². The van der Waals surface area contributed by atoms with Gasteiger partial charge in [0.05, 0.1) is 0 Å². The first kappa shape index (κ1) is 27.5. The quantitative estimate of drug-likeness (QED) is 0.217. The van der Waals surface area contributed by atoms with Gasteiger partial charge in [0.25, 0.3) is 0 Å². The smallest absolute Gasteiger partial charge is 0.108 e. The van der Waals surface area contributed by atoms with E-state index in [1.54, 1.807) is 0 Å². The molecule has 4 aromatic rings. The Hall–Kier alpha value is -3.68. The van der Waals surface area contributed by atoms with Gasteiger partial charge in [-0.15, -0.1) is 0 Å². The zero-order valence-electron chi connectivity index (χ0n) is 24.8. The molecule has 6 unspecified atom stereocenters. The van der Waals surface area contributed by atoms with E-state index in [1.807, 2.05) is 0 Å². The Morgan fingerprint density at radius 2 is 0.902 bits per heavy atom. The number of ether oxygens (including phenoxy) is 1. The Balaban J connectivity index is 1.69. The van der Waals surface area contributed by atoms with Crippen molar-refractivity contribution in [2.75, 3.05) is 0 Å². The van der Waals surface area contributed by atoms with Gasteiger partial charge in [-0.25, -0.2) is 0 Å². The monoisotopic (exact) mass is 538 g/mol. The highest BCUT2D eigenvalue weighted by Crippen LogP contribution is 2.61. The highest BCUT2D eigenvalue weighted by molar-refractivity contribution is 5.64. The molecule has 2 aliphatic carbocycles. The molecule has 1 nitrogen and oxygen atoms in total. The second kappa shape index (κ2) is 11.3. The molecule has 6 rings (SSSR count). The van der Waals surface area contributed by atoms with Crippen molar-refractivity contribution < 1.29 is 4.74 Å². The fourth-order valence-corrected chi connectivity index (χ4v) is 7.52. The molecule has 1 heteroatoms. The van der Waals surface area contributed by atoms with Crippen LogP contribution in [0, 0.1) is 11.8 Å². The van der Waals surface area contributed by atoms with Crippen LogP contribution >= 0.6 is 0 Å². The van der Waals surface area contributed by atoms with Crippen LogP contribution in [0.4, 0.5) is 0 Å². The molecule has 0 heterocycles. The van der Waals surface area contributed by atoms with Gasteiger partial charge in [-0.05, 0) is 45.2 Å². The van der Waals surface area contributed by atoms with Crippen LogP contribution in [0.15, 0.2) is 121 Å². The van der Waals surface area contributed by atoms with Crippen LogP contribution in [0.5, 0.6) is 0 Å². The summed E-state index contributed by atoms with van der Waals surface area (Å²) in [5.74, 6) is 0.663. The minimum Gasteiger partial charge on any atom is -0.357 e. The largest absolute Gasteiger partial charge is 0.357 e. The number of fused-ring (bicyclic) bond motifs is 2. The molecule has 41 heavy (non-hydrogen) atoms. The van der Waals surface area contributed by atoms with Crippen molar-refractivity contribution in [1.29, 1.82) is 0 Å². The lowest BCUT2D eigenvalue weighted by Gasteiger charge is -2.57. The van der Waals surface area contributed by atoms with E-state index in [-0.39, 0.29) is 23.7 Å². The van der Waals surface area contributed by atoms with Gasteiger partial charge in [0, 0.05) is 11.8 Å². The van der Waals surface area contributed by atoms with Crippen LogP contribution in [-0.4, -0.2) is 0 Å². The maximum absolute atomic E-state index is 8.30. The summed E-state index contributed by atoms with van der Waals surface area (Å²) >= 11 is 0. The SMILES string of the molecule is CCC(C)C1(OC2(C(C)CC)c3ccccc3C=CC2c2ccccc2)c2ccccc2C=CC1c1ccccc1. The molecule has 0 spiro atoms. The maximum Gasteiger partial charge on any atom is 0.108 e. The first-order valence-electron chi connectivity index (χ1n) is 15.4. The van der Waals surface area contributed by atoms with Crippen LogP contribution in [0.2, 0.25) is 0 Å². The van der Waals surface area contributed by atoms with Crippen LogP contribution in [0.3, 0.4) is 0 Å². The van der Waals surface area contributed by atoms with Crippen LogP contribution < -0.4 is 0 Å². The molecular formula is C40H42O. The summed E-state index contributed by atoms with van der Waals surface area (Å²) in [5.41, 5.74) is 6.57. The van der Waals surface area contributed by atoms with Crippen molar-refractivity contribution in [3.63, 3.8) is 0 Å². The van der Waals surface area contributed by atoms with Crippen LogP contribution in [0.25, 0.3) is 12.2 Å². The number of benzene rings is 4. The molecule has 0 bridgehead atoms. The van der Waals surface area contributed by atoms with Crippen molar-refractivity contribution in [3.8, 4) is 0 Å². The topological polar surface area (TPSA) is 9.23 Å². The molecule has 4 aromatic carbocycles. The molecule has 0 amide bonds. The summed E-state index contributed by atoms with van der Waals surface area (Å²) < 4.78 is 8.30. The predicted molar refractivity (Wildman–Crippen MR) is 173 cm³/mol. The van der Waals surface area contributed by atoms with E-state index in [1.165, 1.54) is 33.4 Å². The van der Waals surface area contributed by atoms with E-state index in [9.17, 15) is 0 Å². The fourth-order valence-electron chi connectivity index (χ4n) is 7.52. The van der Waals surface area contributed by atoms with Gasteiger partial charge in [0.1, 0.15) is 11.2 Å². The summed E-state index contributed by atoms with van der Waals surface area (Å²) in [7, 11) is 0. The Bertz CT molecular complexity index is 1420. The second-order valence-electron chi connectivity index (χ2n) is 12.0. The third kappa shape index (κ3) is 4.43. The average Bonchev–Trinajstić information content (AvgIpc) is 3.04. The lowest BCUT2D eigenvalue weighted by molar-refractivity contribution is -0.228. The zero-order chi connectivity index (χ0) is 28.5. The summed E-state index contributed by atoms with van der Waals surface area (Å²) in [6.07, 6.45) is 11.5.